The number of aromatic nitrogens is 3. The summed E-state index contributed by atoms with van der Waals surface area (Å²) in [7, 11) is 0. The van der Waals surface area contributed by atoms with E-state index in [0.29, 0.717) is 17.5 Å². The van der Waals surface area contributed by atoms with E-state index in [2.05, 4.69) is 14.9 Å². The molecule has 1 N–H and O–H groups in total. The van der Waals surface area contributed by atoms with E-state index in [1.54, 1.807) is 6.20 Å². The van der Waals surface area contributed by atoms with Crippen molar-refractivity contribution in [2.24, 2.45) is 0 Å². The van der Waals surface area contributed by atoms with Crippen molar-refractivity contribution in [1.82, 2.24) is 19.9 Å². The van der Waals surface area contributed by atoms with Crippen molar-refractivity contribution in [3.8, 4) is 0 Å². The molecular weight excluding hydrogens is 327 g/mol. The fourth-order valence-corrected chi connectivity index (χ4v) is 3.51. The van der Waals surface area contributed by atoms with Crippen LogP contribution in [0, 0.1) is 5.82 Å². The Morgan fingerprint density at radius 1 is 1.21 bits per heavy atom. The second-order valence-corrected chi connectivity index (χ2v) is 6.62. The first kappa shape index (κ1) is 15.5. The molecule has 0 radical (unpaired) electrons. The molecule has 4 rings (SSSR count). The van der Waals surface area contributed by atoms with E-state index in [-0.39, 0.29) is 5.82 Å². The monoisotopic (exact) mass is 344 g/mol. The van der Waals surface area contributed by atoms with Crippen LogP contribution in [-0.2, 0) is 6.42 Å². The van der Waals surface area contributed by atoms with E-state index in [0.717, 1.165) is 48.5 Å². The van der Waals surface area contributed by atoms with Gasteiger partial charge in [0.1, 0.15) is 17.2 Å². The van der Waals surface area contributed by atoms with Crippen molar-refractivity contribution >= 4 is 22.8 Å². The molecule has 1 fully saturated rings. The molecule has 24 heavy (non-hydrogen) atoms. The van der Waals surface area contributed by atoms with Crippen LogP contribution in [-0.4, -0.2) is 27.6 Å². The number of rotatable bonds is 3. The number of pyridine rings is 1. The zero-order chi connectivity index (χ0) is 16.5. The fourth-order valence-electron chi connectivity index (χ4n) is 3.36. The number of benzene rings is 1. The van der Waals surface area contributed by atoms with Gasteiger partial charge in [0.05, 0.1) is 5.02 Å². The van der Waals surface area contributed by atoms with Gasteiger partial charge in [-0.1, -0.05) is 23.7 Å². The smallest absolute Gasteiger partial charge is 0.160 e. The predicted molar refractivity (Wildman–Crippen MR) is 92.9 cm³/mol. The van der Waals surface area contributed by atoms with Gasteiger partial charge in [-0.3, -0.25) is 0 Å². The van der Waals surface area contributed by atoms with Gasteiger partial charge in [0.15, 0.2) is 5.65 Å². The zero-order valence-corrected chi connectivity index (χ0v) is 13.9. The molecule has 0 amide bonds. The van der Waals surface area contributed by atoms with Gasteiger partial charge in [0.25, 0.3) is 0 Å². The summed E-state index contributed by atoms with van der Waals surface area (Å²) in [6, 6.07) is 8.82. The number of halogens is 2. The number of piperidine rings is 1. The Balaban J connectivity index is 1.78. The van der Waals surface area contributed by atoms with Crippen LogP contribution in [0.25, 0.3) is 11.2 Å². The van der Waals surface area contributed by atoms with Crippen molar-refractivity contribution in [2.45, 2.75) is 25.3 Å². The van der Waals surface area contributed by atoms with Crippen LogP contribution < -0.4 is 5.32 Å². The maximum atomic E-state index is 13.2. The molecule has 0 unspecified atom stereocenters. The third kappa shape index (κ3) is 3.01. The molecule has 2 aromatic heterocycles. The average molecular weight is 345 g/mol. The first-order chi connectivity index (χ1) is 11.7. The predicted octanol–water partition coefficient (Wildman–Crippen LogP) is 3.74. The highest BCUT2D eigenvalue weighted by molar-refractivity contribution is 6.31. The van der Waals surface area contributed by atoms with E-state index in [4.69, 9.17) is 16.6 Å². The van der Waals surface area contributed by atoms with Crippen LogP contribution in [0.4, 0.5) is 4.39 Å². The summed E-state index contributed by atoms with van der Waals surface area (Å²) in [6.45, 7) is 1.99. The number of hydrogen-bond acceptors (Lipinski definition) is 3. The van der Waals surface area contributed by atoms with E-state index in [1.807, 2.05) is 18.2 Å². The van der Waals surface area contributed by atoms with E-state index >= 15 is 0 Å². The number of imidazole rings is 1. The van der Waals surface area contributed by atoms with Gasteiger partial charge in [-0.05, 0) is 49.7 Å². The second-order valence-electron chi connectivity index (χ2n) is 6.18. The zero-order valence-electron chi connectivity index (χ0n) is 13.2. The van der Waals surface area contributed by atoms with Gasteiger partial charge in [-0.2, -0.15) is 0 Å². The summed E-state index contributed by atoms with van der Waals surface area (Å²) in [6.07, 6.45) is 4.42. The molecule has 124 valence electrons. The molecule has 1 aromatic carbocycles. The van der Waals surface area contributed by atoms with Gasteiger partial charge in [-0.25, -0.2) is 14.4 Å². The largest absolute Gasteiger partial charge is 0.317 e. The van der Waals surface area contributed by atoms with Crippen LogP contribution in [0.1, 0.15) is 30.3 Å². The van der Waals surface area contributed by atoms with Crippen LogP contribution >= 0.6 is 11.6 Å². The lowest BCUT2D eigenvalue weighted by molar-refractivity contribution is 0.367. The van der Waals surface area contributed by atoms with Crippen LogP contribution in [0.5, 0.6) is 0 Å². The van der Waals surface area contributed by atoms with Crippen LogP contribution in [0.3, 0.4) is 0 Å². The number of hydrogen-bond donors (Lipinski definition) is 1. The standard InChI is InChI=1S/C18H18ClFN4/c19-13-10-16-18(22-11-13)24(15-5-7-21-8-6-15)17(23-16)9-12-1-3-14(20)4-2-12/h1-4,10-11,15,21H,5-9H2. The van der Waals surface area contributed by atoms with Crippen molar-refractivity contribution in [3.05, 3.63) is 58.8 Å². The quantitative estimate of drug-likeness (QED) is 0.787. The molecule has 3 aromatic rings. The van der Waals surface area contributed by atoms with E-state index < -0.39 is 0 Å². The summed E-state index contributed by atoms with van der Waals surface area (Å²) in [5.74, 6) is 0.734. The SMILES string of the molecule is Fc1ccc(Cc2nc3cc(Cl)cnc3n2C2CCNCC2)cc1. The average Bonchev–Trinajstić information content (AvgIpc) is 2.94. The minimum Gasteiger partial charge on any atom is -0.317 e. The van der Waals surface area contributed by atoms with Gasteiger partial charge in [0, 0.05) is 18.7 Å². The highest BCUT2D eigenvalue weighted by Crippen LogP contribution is 2.28. The lowest BCUT2D eigenvalue weighted by Crippen LogP contribution is -2.30. The molecule has 1 saturated heterocycles. The minimum absolute atomic E-state index is 0.223. The van der Waals surface area contributed by atoms with Gasteiger partial charge in [0.2, 0.25) is 0 Å². The molecule has 6 heteroatoms. The van der Waals surface area contributed by atoms with E-state index in [9.17, 15) is 4.39 Å². The normalized spacial score (nSPS) is 15.9. The molecule has 0 spiro atoms. The van der Waals surface area contributed by atoms with Crippen LogP contribution in [0.15, 0.2) is 36.5 Å². The second kappa shape index (κ2) is 6.49. The molecule has 0 saturated carbocycles. The van der Waals surface area contributed by atoms with Crippen molar-refractivity contribution in [3.63, 3.8) is 0 Å². The Labute approximate surface area is 144 Å². The highest BCUT2D eigenvalue weighted by Gasteiger charge is 2.22. The fraction of sp³-hybridized carbons (Fsp3) is 0.333. The van der Waals surface area contributed by atoms with Crippen molar-refractivity contribution in [1.29, 1.82) is 0 Å². The summed E-state index contributed by atoms with van der Waals surface area (Å²) >= 11 is 6.08. The molecule has 4 nitrogen and oxygen atoms in total. The van der Waals surface area contributed by atoms with Gasteiger partial charge < -0.3 is 9.88 Å². The van der Waals surface area contributed by atoms with Crippen LogP contribution in [0.2, 0.25) is 5.02 Å². The highest BCUT2D eigenvalue weighted by atomic mass is 35.5. The Kier molecular flexibility index (Phi) is 4.21. The maximum absolute atomic E-state index is 13.2. The number of nitrogens with zero attached hydrogens (tertiary/aromatic N) is 3. The first-order valence-corrected chi connectivity index (χ1v) is 8.56. The first-order valence-electron chi connectivity index (χ1n) is 8.18. The third-order valence-electron chi connectivity index (χ3n) is 4.52. The van der Waals surface area contributed by atoms with E-state index in [1.165, 1.54) is 12.1 Å². The Morgan fingerprint density at radius 3 is 2.71 bits per heavy atom. The molecule has 0 aliphatic carbocycles. The Morgan fingerprint density at radius 2 is 1.96 bits per heavy atom. The lowest BCUT2D eigenvalue weighted by Gasteiger charge is -2.26. The Bertz CT molecular complexity index is 853. The molecule has 1 aliphatic rings. The third-order valence-corrected chi connectivity index (χ3v) is 4.73. The molecule has 1 aliphatic heterocycles. The molecule has 0 bridgehead atoms. The summed E-state index contributed by atoms with van der Waals surface area (Å²) in [4.78, 5) is 9.29. The Hall–Kier alpha value is -1.98. The van der Waals surface area contributed by atoms with Gasteiger partial charge >= 0.3 is 0 Å². The molecular formula is C18H18ClFN4. The summed E-state index contributed by atoms with van der Waals surface area (Å²) in [5, 5.41) is 3.98. The minimum atomic E-state index is -0.223. The number of nitrogens with one attached hydrogen (secondary N) is 1. The maximum Gasteiger partial charge on any atom is 0.160 e. The van der Waals surface area contributed by atoms with Crippen molar-refractivity contribution in [2.75, 3.05) is 13.1 Å². The number of fused-ring (bicyclic) bond motifs is 1. The topological polar surface area (TPSA) is 42.7 Å². The summed E-state index contributed by atoms with van der Waals surface area (Å²) < 4.78 is 15.4. The summed E-state index contributed by atoms with van der Waals surface area (Å²) in [5.41, 5.74) is 2.73. The molecule has 3 heterocycles. The molecule has 0 atom stereocenters. The van der Waals surface area contributed by atoms with Crippen molar-refractivity contribution < 1.29 is 4.39 Å². The lowest BCUT2D eigenvalue weighted by atomic mass is 10.1. The van der Waals surface area contributed by atoms with Gasteiger partial charge in [-0.15, -0.1) is 0 Å².